The Bertz CT molecular complexity index is 336. The maximum Gasteiger partial charge on any atom is 0.130 e. The Hall–Kier alpha value is -1.02. The minimum atomic E-state index is -0.498. The van der Waals surface area contributed by atoms with Gasteiger partial charge in [-0.05, 0) is 25.0 Å². The van der Waals surface area contributed by atoms with Crippen molar-refractivity contribution in [3.8, 4) is 5.75 Å². The molecule has 0 unspecified atom stereocenters. The maximum absolute atomic E-state index is 10.8. The molecule has 0 amide bonds. The Labute approximate surface area is 81.1 Å². The number of hydrogen-bond donors (Lipinski definition) is 1. The van der Waals surface area contributed by atoms with Gasteiger partial charge < -0.3 is 9.90 Å². The zero-order chi connectivity index (χ0) is 9.47. The summed E-state index contributed by atoms with van der Waals surface area (Å²) in [6, 6.07) is 4.92. The van der Waals surface area contributed by atoms with Crippen LogP contribution in [-0.2, 0) is 10.2 Å². The summed E-state index contributed by atoms with van der Waals surface area (Å²) in [4.78, 5) is 10.8. The SMILES string of the molecule is O=CC1(c2c(O)cccc2Cl)CC1. The zero-order valence-corrected chi connectivity index (χ0v) is 7.71. The zero-order valence-electron chi connectivity index (χ0n) is 6.96. The van der Waals surface area contributed by atoms with Gasteiger partial charge in [-0.15, -0.1) is 0 Å². The van der Waals surface area contributed by atoms with Crippen LogP contribution in [0.1, 0.15) is 18.4 Å². The van der Waals surface area contributed by atoms with Crippen molar-refractivity contribution in [3.05, 3.63) is 28.8 Å². The second-order valence-corrected chi connectivity index (χ2v) is 3.82. The number of aromatic hydroxyl groups is 1. The molecule has 1 saturated carbocycles. The number of aldehydes is 1. The lowest BCUT2D eigenvalue weighted by Gasteiger charge is -2.11. The van der Waals surface area contributed by atoms with Gasteiger partial charge in [-0.2, -0.15) is 0 Å². The number of benzene rings is 1. The summed E-state index contributed by atoms with van der Waals surface area (Å²) in [7, 11) is 0. The van der Waals surface area contributed by atoms with Crippen molar-refractivity contribution in [3.63, 3.8) is 0 Å². The Kier molecular flexibility index (Phi) is 1.81. The monoisotopic (exact) mass is 196 g/mol. The first kappa shape index (κ1) is 8.57. The highest BCUT2D eigenvalue weighted by Crippen LogP contribution is 2.51. The average molecular weight is 197 g/mol. The van der Waals surface area contributed by atoms with Crippen molar-refractivity contribution in [2.75, 3.05) is 0 Å². The number of rotatable bonds is 2. The van der Waals surface area contributed by atoms with E-state index in [1.807, 2.05) is 0 Å². The first-order chi connectivity index (χ1) is 6.19. The number of halogens is 1. The van der Waals surface area contributed by atoms with Gasteiger partial charge in [0.25, 0.3) is 0 Å². The number of phenolic OH excluding ortho intramolecular Hbond substituents is 1. The van der Waals surface area contributed by atoms with E-state index < -0.39 is 5.41 Å². The van der Waals surface area contributed by atoms with Gasteiger partial charge in [0.2, 0.25) is 0 Å². The van der Waals surface area contributed by atoms with Gasteiger partial charge in [0, 0.05) is 10.6 Å². The first-order valence-electron chi connectivity index (χ1n) is 4.14. The molecule has 1 aromatic rings. The van der Waals surface area contributed by atoms with Crippen molar-refractivity contribution >= 4 is 17.9 Å². The lowest BCUT2D eigenvalue weighted by Crippen LogP contribution is -2.08. The van der Waals surface area contributed by atoms with Gasteiger partial charge in [0.05, 0.1) is 5.41 Å². The highest BCUT2D eigenvalue weighted by atomic mass is 35.5. The molecule has 0 heterocycles. The molecule has 2 rings (SSSR count). The van der Waals surface area contributed by atoms with Crippen LogP contribution in [0.15, 0.2) is 18.2 Å². The van der Waals surface area contributed by atoms with Crippen LogP contribution in [0, 0.1) is 0 Å². The molecule has 0 bridgehead atoms. The number of carbonyl (C=O) groups is 1. The standard InChI is InChI=1S/C10H9ClO2/c11-7-2-1-3-8(13)9(7)10(6-12)4-5-10/h1-3,6,13H,4-5H2. The summed E-state index contributed by atoms with van der Waals surface area (Å²) in [6.07, 6.45) is 2.45. The second kappa shape index (κ2) is 2.74. The summed E-state index contributed by atoms with van der Waals surface area (Å²) in [5, 5.41) is 10.0. The van der Waals surface area contributed by atoms with E-state index in [4.69, 9.17) is 11.6 Å². The van der Waals surface area contributed by atoms with Crippen LogP contribution in [-0.4, -0.2) is 11.4 Å². The van der Waals surface area contributed by atoms with Gasteiger partial charge in [-0.3, -0.25) is 0 Å². The molecule has 1 N–H and O–H groups in total. The molecule has 3 heteroatoms. The first-order valence-corrected chi connectivity index (χ1v) is 4.52. The summed E-state index contributed by atoms with van der Waals surface area (Å²) < 4.78 is 0. The molecule has 0 radical (unpaired) electrons. The van der Waals surface area contributed by atoms with Crippen molar-refractivity contribution in [2.45, 2.75) is 18.3 Å². The van der Waals surface area contributed by atoms with Crippen molar-refractivity contribution in [1.29, 1.82) is 0 Å². The van der Waals surface area contributed by atoms with E-state index in [2.05, 4.69) is 0 Å². The molecule has 0 aliphatic heterocycles. The van der Waals surface area contributed by atoms with Crippen molar-refractivity contribution in [1.82, 2.24) is 0 Å². The van der Waals surface area contributed by atoms with Crippen molar-refractivity contribution in [2.24, 2.45) is 0 Å². The summed E-state index contributed by atoms with van der Waals surface area (Å²) in [6.45, 7) is 0. The third-order valence-corrected chi connectivity index (χ3v) is 2.82. The van der Waals surface area contributed by atoms with Crippen LogP contribution in [0.3, 0.4) is 0 Å². The third kappa shape index (κ3) is 1.22. The van der Waals surface area contributed by atoms with E-state index in [9.17, 15) is 9.90 Å². The van der Waals surface area contributed by atoms with Crippen LogP contribution in [0.5, 0.6) is 5.75 Å². The second-order valence-electron chi connectivity index (χ2n) is 3.41. The Morgan fingerprint density at radius 3 is 2.62 bits per heavy atom. The Balaban J connectivity index is 2.56. The Morgan fingerprint density at radius 2 is 2.15 bits per heavy atom. The highest BCUT2D eigenvalue weighted by Gasteiger charge is 2.47. The van der Waals surface area contributed by atoms with Gasteiger partial charge in [0.15, 0.2) is 0 Å². The molecule has 13 heavy (non-hydrogen) atoms. The van der Waals surface area contributed by atoms with Gasteiger partial charge in [-0.1, -0.05) is 17.7 Å². The van der Waals surface area contributed by atoms with E-state index in [0.29, 0.717) is 10.6 Å². The lowest BCUT2D eigenvalue weighted by atomic mass is 9.97. The molecule has 1 aliphatic rings. The fourth-order valence-corrected chi connectivity index (χ4v) is 1.92. The molecule has 1 fully saturated rings. The molecule has 0 spiro atoms. The summed E-state index contributed by atoms with van der Waals surface area (Å²) in [5.74, 6) is 0.122. The molecular weight excluding hydrogens is 188 g/mol. The predicted molar refractivity (Wildman–Crippen MR) is 50.1 cm³/mol. The van der Waals surface area contributed by atoms with Gasteiger partial charge in [0.1, 0.15) is 12.0 Å². The van der Waals surface area contributed by atoms with Crippen LogP contribution in [0.4, 0.5) is 0 Å². The molecule has 0 aromatic heterocycles. The maximum atomic E-state index is 10.8. The molecule has 1 aliphatic carbocycles. The highest BCUT2D eigenvalue weighted by molar-refractivity contribution is 6.32. The van der Waals surface area contributed by atoms with Crippen LogP contribution >= 0.6 is 11.6 Å². The number of phenols is 1. The molecule has 1 aromatic carbocycles. The van der Waals surface area contributed by atoms with Crippen LogP contribution < -0.4 is 0 Å². The lowest BCUT2D eigenvalue weighted by molar-refractivity contribution is -0.109. The van der Waals surface area contributed by atoms with Gasteiger partial charge >= 0.3 is 0 Å². The fraction of sp³-hybridized carbons (Fsp3) is 0.300. The van der Waals surface area contributed by atoms with Crippen LogP contribution in [0.2, 0.25) is 5.02 Å². The molecular formula is C10H9ClO2. The van der Waals surface area contributed by atoms with E-state index in [-0.39, 0.29) is 5.75 Å². The minimum Gasteiger partial charge on any atom is -0.508 e. The topological polar surface area (TPSA) is 37.3 Å². The Morgan fingerprint density at radius 1 is 1.46 bits per heavy atom. The number of hydrogen-bond acceptors (Lipinski definition) is 2. The normalized spacial score (nSPS) is 18.2. The predicted octanol–water partition coefficient (Wildman–Crippen LogP) is 2.28. The minimum absolute atomic E-state index is 0.122. The van der Waals surface area contributed by atoms with Crippen LogP contribution in [0.25, 0.3) is 0 Å². The summed E-state index contributed by atoms with van der Waals surface area (Å²) >= 11 is 5.91. The van der Waals surface area contributed by atoms with Crippen molar-refractivity contribution < 1.29 is 9.90 Å². The quantitative estimate of drug-likeness (QED) is 0.737. The summed E-state index contributed by atoms with van der Waals surface area (Å²) in [5.41, 5.74) is 0.0919. The average Bonchev–Trinajstić information content (AvgIpc) is 2.85. The van der Waals surface area contributed by atoms with E-state index in [1.165, 1.54) is 0 Å². The molecule has 0 saturated heterocycles. The van der Waals surface area contributed by atoms with E-state index >= 15 is 0 Å². The van der Waals surface area contributed by atoms with E-state index in [0.717, 1.165) is 19.1 Å². The molecule has 2 nitrogen and oxygen atoms in total. The smallest absolute Gasteiger partial charge is 0.130 e. The molecule has 68 valence electrons. The number of carbonyl (C=O) groups excluding carboxylic acids is 1. The molecule has 0 atom stereocenters. The third-order valence-electron chi connectivity index (χ3n) is 2.50. The largest absolute Gasteiger partial charge is 0.508 e. The van der Waals surface area contributed by atoms with Gasteiger partial charge in [-0.25, -0.2) is 0 Å². The van der Waals surface area contributed by atoms with E-state index in [1.54, 1.807) is 18.2 Å². The fourth-order valence-electron chi connectivity index (χ4n) is 1.57.